The molecule has 2 N–H and O–H groups in total. The number of ether oxygens (including phenoxy) is 2. The summed E-state index contributed by atoms with van der Waals surface area (Å²) in [6.07, 6.45) is 4.03. The van der Waals surface area contributed by atoms with Crippen LogP contribution in [0.1, 0.15) is 38.9 Å². The van der Waals surface area contributed by atoms with Gasteiger partial charge in [0, 0.05) is 19.1 Å². The first-order valence-corrected chi connectivity index (χ1v) is 6.60. The van der Waals surface area contributed by atoms with E-state index in [1.165, 1.54) is 0 Å². The largest absolute Gasteiger partial charge is 0.475 e. The van der Waals surface area contributed by atoms with Crippen LogP contribution in [0.2, 0.25) is 0 Å². The van der Waals surface area contributed by atoms with Crippen molar-refractivity contribution in [1.82, 2.24) is 9.97 Å². The zero-order valence-corrected chi connectivity index (χ0v) is 11.3. The first-order chi connectivity index (χ1) is 8.76. The molecule has 1 rings (SSSR count). The van der Waals surface area contributed by atoms with Crippen LogP contribution in [0.3, 0.4) is 0 Å². The molecule has 18 heavy (non-hydrogen) atoms. The SMILES string of the molecule is CCCCOCCOc1cc(N)nc(CCC)n1. The van der Waals surface area contributed by atoms with Crippen LogP contribution < -0.4 is 10.5 Å². The minimum atomic E-state index is 0.454. The molecule has 0 radical (unpaired) electrons. The maximum absolute atomic E-state index is 5.70. The van der Waals surface area contributed by atoms with Gasteiger partial charge in [-0.15, -0.1) is 0 Å². The highest BCUT2D eigenvalue weighted by Gasteiger charge is 2.03. The summed E-state index contributed by atoms with van der Waals surface area (Å²) in [5.41, 5.74) is 5.70. The van der Waals surface area contributed by atoms with Crippen LogP contribution in [0.15, 0.2) is 6.07 Å². The van der Waals surface area contributed by atoms with E-state index in [-0.39, 0.29) is 0 Å². The highest BCUT2D eigenvalue weighted by atomic mass is 16.5. The van der Waals surface area contributed by atoms with Gasteiger partial charge in [0.2, 0.25) is 5.88 Å². The van der Waals surface area contributed by atoms with Gasteiger partial charge in [-0.25, -0.2) is 4.98 Å². The third-order valence-corrected chi connectivity index (χ3v) is 2.36. The summed E-state index contributed by atoms with van der Waals surface area (Å²) in [6, 6.07) is 1.64. The number of nitrogen functional groups attached to an aromatic ring is 1. The first-order valence-electron chi connectivity index (χ1n) is 6.60. The van der Waals surface area contributed by atoms with E-state index in [9.17, 15) is 0 Å². The fraction of sp³-hybridized carbons (Fsp3) is 0.692. The number of hydrogen-bond donors (Lipinski definition) is 1. The number of anilines is 1. The second kappa shape index (κ2) is 8.69. The van der Waals surface area contributed by atoms with E-state index >= 15 is 0 Å². The van der Waals surface area contributed by atoms with Gasteiger partial charge in [0.15, 0.2) is 0 Å². The summed E-state index contributed by atoms with van der Waals surface area (Å²) < 4.78 is 10.9. The van der Waals surface area contributed by atoms with Gasteiger partial charge in [-0.3, -0.25) is 0 Å². The van der Waals surface area contributed by atoms with E-state index in [0.717, 1.165) is 38.1 Å². The van der Waals surface area contributed by atoms with Crippen LogP contribution >= 0.6 is 0 Å². The van der Waals surface area contributed by atoms with Crippen molar-refractivity contribution in [2.45, 2.75) is 39.5 Å². The summed E-state index contributed by atoms with van der Waals surface area (Å²) >= 11 is 0. The maximum Gasteiger partial charge on any atom is 0.218 e. The average Bonchev–Trinajstić information content (AvgIpc) is 2.33. The van der Waals surface area contributed by atoms with E-state index in [0.29, 0.717) is 24.9 Å². The Kier molecular flexibility index (Phi) is 7.10. The third-order valence-electron chi connectivity index (χ3n) is 2.36. The molecule has 5 nitrogen and oxygen atoms in total. The zero-order valence-electron chi connectivity index (χ0n) is 11.3. The number of aromatic nitrogens is 2. The van der Waals surface area contributed by atoms with E-state index in [1.54, 1.807) is 6.07 Å². The summed E-state index contributed by atoms with van der Waals surface area (Å²) in [5, 5.41) is 0. The van der Waals surface area contributed by atoms with Gasteiger partial charge >= 0.3 is 0 Å². The Morgan fingerprint density at radius 1 is 1.11 bits per heavy atom. The number of aryl methyl sites for hydroxylation is 1. The van der Waals surface area contributed by atoms with Crippen molar-refractivity contribution < 1.29 is 9.47 Å². The number of nitrogens with two attached hydrogens (primary N) is 1. The van der Waals surface area contributed by atoms with Gasteiger partial charge in [-0.2, -0.15) is 4.98 Å². The van der Waals surface area contributed by atoms with Gasteiger partial charge in [-0.1, -0.05) is 20.3 Å². The predicted molar refractivity (Wildman–Crippen MR) is 71.7 cm³/mol. The number of rotatable bonds is 9. The van der Waals surface area contributed by atoms with Crippen molar-refractivity contribution in [2.75, 3.05) is 25.6 Å². The molecule has 1 heterocycles. The monoisotopic (exact) mass is 253 g/mol. The Morgan fingerprint density at radius 2 is 1.94 bits per heavy atom. The maximum atomic E-state index is 5.70. The molecule has 0 amide bonds. The molecule has 0 unspecified atom stereocenters. The van der Waals surface area contributed by atoms with Crippen LogP contribution in [0.5, 0.6) is 5.88 Å². The second-order valence-corrected chi connectivity index (χ2v) is 4.11. The lowest BCUT2D eigenvalue weighted by Crippen LogP contribution is -2.10. The van der Waals surface area contributed by atoms with Gasteiger partial charge in [0.05, 0.1) is 6.61 Å². The molecule has 0 atom stereocenters. The molecule has 0 spiro atoms. The first kappa shape index (κ1) is 14.7. The van der Waals surface area contributed by atoms with Crippen LogP contribution in [0.4, 0.5) is 5.82 Å². The lowest BCUT2D eigenvalue weighted by Gasteiger charge is -2.08. The molecule has 1 aromatic rings. The fourth-order valence-electron chi connectivity index (χ4n) is 1.46. The summed E-state index contributed by atoms with van der Waals surface area (Å²) in [5.74, 6) is 1.72. The topological polar surface area (TPSA) is 70.3 Å². The molecule has 102 valence electrons. The molecular formula is C13H23N3O2. The minimum absolute atomic E-state index is 0.454. The van der Waals surface area contributed by atoms with Crippen molar-refractivity contribution in [1.29, 1.82) is 0 Å². The van der Waals surface area contributed by atoms with Gasteiger partial charge in [0.25, 0.3) is 0 Å². The molecule has 0 saturated carbocycles. The van der Waals surface area contributed by atoms with Gasteiger partial charge in [0.1, 0.15) is 18.2 Å². The molecule has 0 aliphatic heterocycles. The minimum Gasteiger partial charge on any atom is -0.475 e. The third kappa shape index (κ3) is 5.82. The molecule has 0 bridgehead atoms. The molecule has 0 aliphatic rings. The van der Waals surface area contributed by atoms with Crippen molar-refractivity contribution in [3.05, 3.63) is 11.9 Å². The summed E-state index contributed by atoms with van der Waals surface area (Å²) in [4.78, 5) is 8.44. The molecule has 1 aromatic heterocycles. The van der Waals surface area contributed by atoms with Crippen LogP contribution in [-0.2, 0) is 11.2 Å². The highest BCUT2D eigenvalue weighted by molar-refractivity contribution is 5.32. The number of nitrogens with zero attached hydrogens (tertiary/aromatic N) is 2. The van der Waals surface area contributed by atoms with Crippen LogP contribution in [-0.4, -0.2) is 29.8 Å². The van der Waals surface area contributed by atoms with E-state index in [1.807, 2.05) is 0 Å². The standard InChI is InChI=1S/C13H23N3O2/c1-3-5-7-17-8-9-18-13-10-11(14)15-12(16-13)6-4-2/h10H,3-9H2,1-2H3,(H2,14,15,16). The number of unbranched alkanes of at least 4 members (excludes halogenated alkanes) is 1. The lowest BCUT2D eigenvalue weighted by atomic mass is 10.3. The average molecular weight is 253 g/mol. The van der Waals surface area contributed by atoms with Crippen molar-refractivity contribution >= 4 is 5.82 Å². The quantitative estimate of drug-likeness (QED) is 0.683. The Morgan fingerprint density at radius 3 is 2.67 bits per heavy atom. The molecule has 5 heteroatoms. The van der Waals surface area contributed by atoms with Crippen molar-refractivity contribution in [2.24, 2.45) is 0 Å². The predicted octanol–water partition coefficient (Wildman–Crippen LogP) is 2.21. The highest BCUT2D eigenvalue weighted by Crippen LogP contribution is 2.11. The molecule has 0 saturated heterocycles. The summed E-state index contributed by atoms with van der Waals surface area (Å²) in [6.45, 7) is 6.07. The van der Waals surface area contributed by atoms with Crippen molar-refractivity contribution in [3.63, 3.8) is 0 Å². The number of hydrogen-bond acceptors (Lipinski definition) is 5. The van der Waals surface area contributed by atoms with Crippen LogP contribution in [0, 0.1) is 0 Å². The van der Waals surface area contributed by atoms with Crippen LogP contribution in [0.25, 0.3) is 0 Å². The molecule has 0 aliphatic carbocycles. The normalized spacial score (nSPS) is 10.6. The molecule has 0 aromatic carbocycles. The van der Waals surface area contributed by atoms with E-state index < -0.39 is 0 Å². The molecular weight excluding hydrogens is 230 g/mol. The van der Waals surface area contributed by atoms with Gasteiger partial charge < -0.3 is 15.2 Å². The van der Waals surface area contributed by atoms with Gasteiger partial charge in [-0.05, 0) is 12.8 Å². The van der Waals surface area contributed by atoms with E-state index in [2.05, 4.69) is 23.8 Å². The Balaban J connectivity index is 2.32. The Bertz CT molecular complexity index is 345. The smallest absolute Gasteiger partial charge is 0.218 e. The van der Waals surface area contributed by atoms with E-state index in [4.69, 9.17) is 15.2 Å². The van der Waals surface area contributed by atoms with Crippen molar-refractivity contribution in [3.8, 4) is 5.88 Å². The Hall–Kier alpha value is -1.36. The zero-order chi connectivity index (χ0) is 13.2. The second-order valence-electron chi connectivity index (χ2n) is 4.11. The molecule has 0 fully saturated rings. The lowest BCUT2D eigenvalue weighted by molar-refractivity contribution is 0.0964. The summed E-state index contributed by atoms with van der Waals surface area (Å²) in [7, 11) is 0. The Labute approximate surface area is 109 Å². The fourth-order valence-corrected chi connectivity index (χ4v) is 1.46.